The van der Waals surface area contributed by atoms with Crippen LogP contribution in [-0.2, 0) is 0 Å². The Hall–Kier alpha value is -2.40. The maximum Gasteiger partial charge on any atom is 0.168 e. The van der Waals surface area contributed by atoms with Crippen LogP contribution in [0.25, 0.3) is 0 Å². The fraction of sp³-hybridized carbons (Fsp3) is 0.278. The van der Waals surface area contributed by atoms with Crippen LogP contribution in [0.15, 0.2) is 46.6 Å². The zero-order valence-electron chi connectivity index (χ0n) is 12.9. The van der Waals surface area contributed by atoms with Crippen molar-refractivity contribution in [1.82, 2.24) is 0 Å². The molecule has 0 N–H and O–H groups in total. The van der Waals surface area contributed by atoms with E-state index in [2.05, 4.69) is 10.2 Å². The van der Waals surface area contributed by atoms with Crippen molar-refractivity contribution in [3.05, 3.63) is 47.0 Å². The second kappa shape index (κ2) is 6.24. The van der Waals surface area contributed by atoms with Gasteiger partial charge in [0.25, 0.3) is 0 Å². The number of benzene rings is 2. The number of nitrogens with zero attached hydrogens (tertiary/aromatic N) is 2. The molecule has 1 aliphatic heterocycles. The van der Waals surface area contributed by atoms with E-state index < -0.39 is 0 Å². The maximum absolute atomic E-state index is 12.6. The highest BCUT2D eigenvalue weighted by molar-refractivity contribution is 6.30. The molecule has 2 aromatic rings. The Morgan fingerprint density at radius 2 is 1.67 bits per heavy atom. The fourth-order valence-corrected chi connectivity index (χ4v) is 2.67. The van der Waals surface area contributed by atoms with Crippen LogP contribution < -0.4 is 9.47 Å². The highest BCUT2D eigenvalue weighted by Crippen LogP contribution is 2.41. The van der Waals surface area contributed by atoms with Gasteiger partial charge in [-0.15, -0.1) is 5.11 Å². The molecule has 4 rings (SSSR count). The average Bonchev–Trinajstić information content (AvgIpc) is 3.45. The summed E-state index contributed by atoms with van der Waals surface area (Å²) in [7, 11) is 0. The summed E-state index contributed by atoms with van der Waals surface area (Å²) in [6.07, 6.45) is 1.86. The Bertz CT molecular complexity index is 814. The lowest BCUT2D eigenvalue weighted by atomic mass is 10.0. The largest absolute Gasteiger partial charge is 0.486 e. The minimum absolute atomic E-state index is 0.0945. The average molecular weight is 343 g/mol. The zero-order valence-corrected chi connectivity index (χ0v) is 13.6. The number of carbonyl (C=O) groups excluding carboxylic acids is 1. The van der Waals surface area contributed by atoms with E-state index in [1.807, 2.05) is 0 Å². The number of azo groups is 1. The lowest BCUT2D eigenvalue weighted by Gasteiger charge is -2.19. The molecular formula is C18H15ClN2O3. The van der Waals surface area contributed by atoms with E-state index in [9.17, 15) is 4.79 Å². The summed E-state index contributed by atoms with van der Waals surface area (Å²) in [6.45, 7) is 0.965. The second-order valence-electron chi connectivity index (χ2n) is 5.83. The van der Waals surface area contributed by atoms with Crippen LogP contribution >= 0.6 is 11.6 Å². The number of Topliss-reactive ketones (excluding diaryl/α,β-unsaturated/α-hetero) is 1. The van der Waals surface area contributed by atoms with Crippen LogP contribution in [-0.4, -0.2) is 19.0 Å². The van der Waals surface area contributed by atoms with Crippen LogP contribution in [0, 0.1) is 5.92 Å². The standard InChI is InChI=1S/C18H15ClN2O3/c19-12-3-5-13(6-4-12)20-21-15-10-17-16(23-7-8-24-17)9-14(15)18(22)11-1-2-11/h3-6,9-11H,1-2,7-8H2. The lowest BCUT2D eigenvalue weighted by Crippen LogP contribution is -2.16. The summed E-state index contributed by atoms with van der Waals surface area (Å²) in [4.78, 5) is 12.6. The van der Waals surface area contributed by atoms with E-state index in [1.54, 1.807) is 36.4 Å². The molecule has 0 spiro atoms. The molecule has 1 fully saturated rings. The Balaban J connectivity index is 1.71. The van der Waals surface area contributed by atoms with E-state index in [0.717, 1.165) is 12.8 Å². The third kappa shape index (κ3) is 3.12. The minimum Gasteiger partial charge on any atom is -0.486 e. The summed E-state index contributed by atoms with van der Waals surface area (Å²) in [6, 6.07) is 10.5. The summed E-state index contributed by atoms with van der Waals surface area (Å²) in [5, 5.41) is 9.11. The van der Waals surface area contributed by atoms with Crippen LogP contribution in [0.2, 0.25) is 5.02 Å². The van der Waals surface area contributed by atoms with Crippen LogP contribution in [0.5, 0.6) is 11.5 Å². The van der Waals surface area contributed by atoms with Crippen LogP contribution in [0.3, 0.4) is 0 Å². The van der Waals surface area contributed by atoms with Gasteiger partial charge in [-0.05, 0) is 43.2 Å². The van der Waals surface area contributed by atoms with Crippen molar-refractivity contribution in [3.8, 4) is 11.5 Å². The molecule has 2 aliphatic rings. The first-order valence-electron chi connectivity index (χ1n) is 7.86. The van der Waals surface area contributed by atoms with Crippen LogP contribution in [0.1, 0.15) is 23.2 Å². The molecule has 1 aliphatic carbocycles. The van der Waals surface area contributed by atoms with Crippen LogP contribution in [0.4, 0.5) is 11.4 Å². The SMILES string of the molecule is O=C(c1cc2c(cc1N=Nc1ccc(Cl)cc1)OCCO2)C1CC1. The van der Waals surface area contributed by atoms with Gasteiger partial charge in [0.15, 0.2) is 17.3 Å². The van der Waals surface area contributed by atoms with Crippen molar-refractivity contribution in [2.75, 3.05) is 13.2 Å². The Morgan fingerprint density at radius 3 is 2.33 bits per heavy atom. The van der Waals surface area contributed by atoms with Gasteiger partial charge in [-0.1, -0.05) is 11.6 Å². The van der Waals surface area contributed by atoms with Crippen molar-refractivity contribution < 1.29 is 14.3 Å². The van der Waals surface area contributed by atoms with Gasteiger partial charge in [-0.2, -0.15) is 5.11 Å². The van der Waals surface area contributed by atoms with Crippen molar-refractivity contribution in [1.29, 1.82) is 0 Å². The third-order valence-corrected chi connectivity index (χ3v) is 4.23. The molecule has 0 unspecified atom stereocenters. The molecule has 0 amide bonds. The fourth-order valence-electron chi connectivity index (χ4n) is 2.54. The van der Waals surface area contributed by atoms with Crippen molar-refractivity contribution >= 4 is 28.8 Å². The minimum atomic E-state index is 0.0945. The summed E-state index contributed by atoms with van der Waals surface area (Å²) >= 11 is 5.87. The Morgan fingerprint density at radius 1 is 1.00 bits per heavy atom. The number of carbonyl (C=O) groups is 1. The predicted octanol–water partition coefficient (Wildman–Crippen LogP) is 5.12. The van der Waals surface area contributed by atoms with Crippen molar-refractivity contribution in [2.24, 2.45) is 16.1 Å². The molecule has 122 valence electrons. The highest BCUT2D eigenvalue weighted by Gasteiger charge is 2.33. The van der Waals surface area contributed by atoms with Gasteiger partial charge >= 0.3 is 0 Å². The predicted molar refractivity (Wildman–Crippen MR) is 90.1 cm³/mol. The molecule has 0 radical (unpaired) electrons. The quantitative estimate of drug-likeness (QED) is 0.572. The molecule has 0 bridgehead atoms. The van der Waals surface area contributed by atoms with Gasteiger partial charge in [-0.25, -0.2) is 0 Å². The van der Waals surface area contributed by atoms with E-state index in [1.165, 1.54) is 0 Å². The van der Waals surface area contributed by atoms with Gasteiger partial charge in [0.05, 0.1) is 5.69 Å². The van der Waals surface area contributed by atoms with Gasteiger partial charge in [-0.3, -0.25) is 4.79 Å². The molecule has 1 saturated carbocycles. The first kappa shape index (κ1) is 15.1. The van der Waals surface area contributed by atoms with E-state index in [4.69, 9.17) is 21.1 Å². The third-order valence-electron chi connectivity index (χ3n) is 3.97. The number of rotatable bonds is 4. The summed E-state index contributed by atoms with van der Waals surface area (Å²) in [5.41, 5.74) is 1.71. The number of ether oxygens (including phenoxy) is 2. The van der Waals surface area contributed by atoms with Gasteiger partial charge < -0.3 is 9.47 Å². The molecular weight excluding hydrogens is 328 g/mol. The lowest BCUT2D eigenvalue weighted by molar-refractivity contribution is 0.0967. The monoisotopic (exact) mass is 342 g/mol. The first-order chi connectivity index (χ1) is 11.7. The Kier molecular flexibility index (Phi) is 3.94. The number of hydrogen-bond donors (Lipinski definition) is 0. The molecule has 1 heterocycles. The maximum atomic E-state index is 12.6. The van der Waals surface area contributed by atoms with E-state index in [-0.39, 0.29) is 11.7 Å². The zero-order chi connectivity index (χ0) is 16.5. The van der Waals surface area contributed by atoms with Gasteiger partial charge in [0.2, 0.25) is 0 Å². The van der Waals surface area contributed by atoms with E-state index >= 15 is 0 Å². The molecule has 24 heavy (non-hydrogen) atoms. The van der Waals surface area contributed by atoms with Crippen molar-refractivity contribution in [3.63, 3.8) is 0 Å². The molecule has 2 aromatic carbocycles. The van der Waals surface area contributed by atoms with Gasteiger partial charge in [0, 0.05) is 22.6 Å². The first-order valence-corrected chi connectivity index (χ1v) is 8.24. The summed E-state index contributed by atoms with van der Waals surface area (Å²) < 4.78 is 11.2. The van der Waals surface area contributed by atoms with E-state index in [0.29, 0.717) is 46.7 Å². The molecule has 0 saturated heterocycles. The normalized spacial score (nSPS) is 16.4. The molecule has 5 nitrogen and oxygen atoms in total. The number of fused-ring (bicyclic) bond motifs is 1. The summed E-state index contributed by atoms with van der Waals surface area (Å²) in [5.74, 6) is 1.38. The topological polar surface area (TPSA) is 60.2 Å². The second-order valence-corrected chi connectivity index (χ2v) is 6.26. The Labute approximate surface area is 144 Å². The number of ketones is 1. The number of halogens is 1. The highest BCUT2D eigenvalue weighted by atomic mass is 35.5. The molecule has 6 heteroatoms. The molecule has 0 aromatic heterocycles. The smallest absolute Gasteiger partial charge is 0.168 e. The van der Waals surface area contributed by atoms with Gasteiger partial charge in [0.1, 0.15) is 18.9 Å². The number of hydrogen-bond acceptors (Lipinski definition) is 5. The van der Waals surface area contributed by atoms with Crippen molar-refractivity contribution in [2.45, 2.75) is 12.8 Å². The molecule has 0 atom stereocenters.